The molecule has 4 heterocycles. The van der Waals surface area contributed by atoms with Crippen LogP contribution in [0.4, 0.5) is 14.5 Å². The van der Waals surface area contributed by atoms with Crippen LogP contribution in [0, 0.1) is 5.41 Å². The summed E-state index contributed by atoms with van der Waals surface area (Å²) in [5.41, 5.74) is -0.0412. The summed E-state index contributed by atoms with van der Waals surface area (Å²) in [4.78, 5) is 12.6. The molecule has 0 aliphatic carbocycles. The van der Waals surface area contributed by atoms with Crippen LogP contribution in [0.3, 0.4) is 0 Å². The molecule has 0 unspecified atom stereocenters. The number of halogens is 2. The Morgan fingerprint density at radius 3 is 2.83 bits per heavy atom. The smallest absolute Gasteiger partial charge is 0.257 e. The molecule has 0 bridgehead atoms. The molecule has 0 saturated carbocycles. The van der Waals surface area contributed by atoms with E-state index in [1.54, 1.807) is 29.9 Å². The van der Waals surface area contributed by atoms with Gasteiger partial charge in [0, 0.05) is 50.4 Å². The van der Waals surface area contributed by atoms with Gasteiger partial charge >= 0.3 is 0 Å². The van der Waals surface area contributed by atoms with Gasteiger partial charge in [-0.3, -0.25) is 9.88 Å². The molecule has 24 heavy (non-hydrogen) atoms. The van der Waals surface area contributed by atoms with Gasteiger partial charge in [0.15, 0.2) is 0 Å². The average Bonchev–Trinajstić information content (AvgIpc) is 3.23. The minimum atomic E-state index is -2.62. The zero-order chi connectivity index (χ0) is 16.6. The second-order valence-corrected chi connectivity index (χ2v) is 7.73. The van der Waals surface area contributed by atoms with E-state index in [0.717, 1.165) is 10.7 Å². The molecule has 0 radical (unpaired) electrons. The third-order valence-electron chi connectivity index (χ3n) is 5.25. The fourth-order valence-corrected chi connectivity index (χ4v) is 4.56. The van der Waals surface area contributed by atoms with E-state index < -0.39 is 11.3 Å². The Balaban J connectivity index is 1.53. The predicted molar refractivity (Wildman–Crippen MR) is 90.5 cm³/mol. The summed E-state index contributed by atoms with van der Waals surface area (Å²) in [5.74, 6) is -2.62. The largest absolute Gasteiger partial charge is 0.369 e. The highest BCUT2D eigenvalue weighted by Gasteiger charge is 2.59. The van der Waals surface area contributed by atoms with Crippen LogP contribution in [0.2, 0.25) is 0 Å². The molecule has 7 heteroatoms. The van der Waals surface area contributed by atoms with E-state index in [2.05, 4.69) is 14.9 Å². The van der Waals surface area contributed by atoms with E-state index in [-0.39, 0.29) is 6.42 Å². The first-order valence-corrected chi connectivity index (χ1v) is 9.10. The Labute approximate surface area is 144 Å². The van der Waals surface area contributed by atoms with Crippen LogP contribution in [-0.4, -0.2) is 47.0 Å². The molecule has 2 aromatic rings. The van der Waals surface area contributed by atoms with Crippen molar-refractivity contribution in [2.24, 2.45) is 5.41 Å². The first kappa shape index (κ1) is 15.9. The highest BCUT2D eigenvalue weighted by atomic mass is 32.1. The number of aromatic nitrogens is 2. The SMILES string of the molecule is FC1(F)CCN(Cc2nccs2)C[C@@]12CCN(c1cccnc1)C2. The molecule has 4 nitrogen and oxygen atoms in total. The fourth-order valence-electron chi connectivity index (χ4n) is 3.90. The molecule has 0 N–H and O–H groups in total. The standard InChI is InChI=1S/C17H20F2N4S/c18-17(19)4-7-22(11-15-21-6-9-24-15)12-16(17)3-8-23(13-16)14-2-1-5-20-10-14/h1-2,5-6,9-10H,3-4,7-8,11-13H2/t16-/m1/s1. The van der Waals surface area contributed by atoms with Crippen molar-refractivity contribution in [2.75, 3.05) is 31.1 Å². The Hall–Kier alpha value is -1.60. The van der Waals surface area contributed by atoms with Gasteiger partial charge in [-0.05, 0) is 18.6 Å². The predicted octanol–water partition coefficient (Wildman–Crippen LogP) is 3.28. The van der Waals surface area contributed by atoms with Crippen molar-refractivity contribution in [1.82, 2.24) is 14.9 Å². The van der Waals surface area contributed by atoms with Gasteiger partial charge in [-0.25, -0.2) is 13.8 Å². The lowest BCUT2D eigenvalue weighted by atomic mass is 9.75. The number of likely N-dealkylation sites (tertiary alicyclic amines) is 1. The third kappa shape index (κ3) is 2.80. The minimum Gasteiger partial charge on any atom is -0.369 e. The normalized spacial score (nSPS) is 27.0. The molecule has 128 valence electrons. The summed E-state index contributed by atoms with van der Waals surface area (Å²) < 4.78 is 29.6. The number of piperidine rings is 1. The van der Waals surface area contributed by atoms with Crippen LogP contribution in [-0.2, 0) is 6.54 Å². The van der Waals surface area contributed by atoms with Gasteiger partial charge in [-0.1, -0.05) is 0 Å². The Bertz CT molecular complexity index is 679. The summed E-state index contributed by atoms with van der Waals surface area (Å²) in [7, 11) is 0. The van der Waals surface area contributed by atoms with Gasteiger partial charge < -0.3 is 4.90 Å². The topological polar surface area (TPSA) is 32.3 Å². The van der Waals surface area contributed by atoms with Crippen LogP contribution < -0.4 is 4.90 Å². The highest BCUT2D eigenvalue weighted by Crippen LogP contribution is 2.50. The average molecular weight is 350 g/mol. The second-order valence-electron chi connectivity index (χ2n) is 6.75. The van der Waals surface area contributed by atoms with E-state index in [0.29, 0.717) is 39.1 Å². The number of hydrogen-bond acceptors (Lipinski definition) is 5. The van der Waals surface area contributed by atoms with Crippen LogP contribution in [0.5, 0.6) is 0 Å². The Kier molecular flexibility index (Phi) is 4.00. The number of anilines is 1. The molecule has 2 fully saturated rings. The van der Waals surface area contributed by atoms with Crippen molar-refractivity contribution in [3.63, 3.8) is 0 Å². The van der Waals surface area contributed by atoms with Gasteiger partial charge in [-0.2, -0.15) is 0 Å². The molecule has 2 saturated heterocycles. The van der Waals surface area contributed by atoms with Crippen LogP contribution in [0.25, 0.3) is 0 Å². The number of pyridine rings is 1. The van der Waals surface area contributed by atoms with E-state index >= 15 is 0 Å². The molecule has 1 atom stereocenters. The van der Waals surface area contributed by atoms with Crippen LogP contribution >= 0.6 is 11.3 Å². The minimum absolute atomic E-state index is 0.0702. The third-order valence-corrected chi connectivity index (χ3v) is 6.02. The Morgan fingerprint density at radius 1 is 1.17 bits per heavy atom. The number of nitrogens with zero attached hydrogens (tertiary/aromatic N) is 4. The van der Waals surface area contributed by atoms with Crippen LogP contribution in [0.15, 0.2) is 36.1 Å². The number of hydrogen-bond donors (Lipinski definition) is 0. The van der Waals surface area contributed by atoms with Crippen molar-refractivity contribution in [2.45, 2.75) is 25.3 Å². The summed E-state index contributed by atoms with van der Waals surface area (Å²) in [5, 5.41) is 2.93. The van der Waals surface area contributed by atoms with E-state index in [1.165, 1.54) is 0 Å². The van der Waals surface area contributed by atoms with Crippen LogP contribution in [0.1, 0.15) is 17.8 Å². The maximum Gasteiger partial charge on any atom is 0.257 e. The molecule has 0 aromatic carbocycles. The van der Waals surface area contributed by atoms with E-state index in [9.17, 15) is 8.78 Å². The maximum atomic E-state index is 14.8. The number of rotatable bonds is 3. The van der Waals surface area contributed by atoms with Crippen molar-refractivity contribution >= 4 is 17.0 Å². The molecule has 0 amide bonds. The maximum absolute atomic E-state index is 14.8. The van der Waals surface area contributed by atoms with Crippen molar-refractivity contribution < 1.29 is 8.78 Å². The molecule has 4 rings (SSSR count). The quantitative estimate of drug-likeness (QED) is 0.850. The number of thiazole rings is 1. The number of alkyl halides is 2. The lowest BCUT2D eigenvalue weighted by Gasteiger charge is -2.45. The molecule has 2 aliphatic rings. The van der Waals surface area contributed by atoms with Crippen molar-refractivity contribution in [3.05, 3.63) is 41.1 Å². The molecule has 2 aromatic heterocycles. The molecular formula is C17H20F2N4S. The van der Waals surface area contributed by atoms with Gasteiger partial charge in [-0.15, -0.1) is 11.3 Å². The first-order valence-electron chi connectivity index (χ1n) is 8.22. The molecule has 2 aliphatic heterocycles. The van der Waals surface area contributed by atoms with Crippen molar-refractivity contribution in [1.29, 1.82) is 0 Å². The summed E-state index contributed by atoms with van der Waals surface area (Å²) in [6, 6.07) is 3.80. The fraction of sp³-hybridized carbons (Fsp3) is 0.529. The van der Waals surface area contributed by atoms with Gasteiger partial charge in [0.05, 0.1) is 23.8 Å². The van der Waals surface area contributed by atoms with E-state index in [1.807, 2.05) is 22.4 Å². The zero-order valence-electron chi connectivity index (χ0n) is 13.4. The first-order chi connectivity index (χ1) is 11.6. The summed E-state index contributed by atoms with van der Waals surface area (Å²) in [6.45, 7) is 2.58. The molecule has 1 spiro atoms. The Morgan fingerprint density at radius 2 is 2.08 bits per heavy atom. The lowest BCUT2D eigenvalue weighted by molar-refractivity contribution is -0.158. The summed E-state index contributed by atoms with van der Waals surface area (Å²) >= 11 is 1.59. The van der Waals surface area contributed by atoms with Crippen molar-refractivity contribution in [3.8, 4) is 0 Å². The van der Waals surface area contributed by atoms with Gasteiger partial charge in [0.2, 0.25) is 0 Å². The highest BCUT2D eigenvalue weighted by molar-refractivity contribution is 7.09. The molecular weight excluding hydrogens is 330 g/mol. The lowest BCUT2D eigenvalue weighted by Crippen LogP contribution is -2.56. The zero-order valence-corrected chi connectivity index (χ0v) is 14.2. The second kappa shape index (κ2) is 6.04. The van der Waals surface area contributed by atoms with Gasteiger partial charge in [0.25, 0.3) is 5.92 Å². The monoisotopic (exact) mass is 350 g/mol. The summed E-state index contributed by atoms with van der Waals surface area (Å²) in [6.07, 6.45) is 5.68. The van der Waals surface area contributed by atoms with E-state index in [4.69, 9.17) is 0 Å². The van der Waals surface area contributed by atoms with Gasteiger partial charge in [0.1, 0.15) is 5.01 Å².